The molecule has 3 aromatic rings. The van der Waals surface area contributed by atoms with Gasteiger partial charge < -0.3 is 0 Å². The first-order valence-electron chi connectivity index (χ1n) is 8.25. The van der Waals surface area contributed by atoms with Gasteiger partial charge in [0, 0.05) is 5.39 Å². The average molecular weight is 373 g/mol. The molecule has 1 N–H and O–H groups in total. The van der Waals surface area contributed by atoms with Crippen molar-refractivity contribution in [2.24, 2.45) is 0 Å². The molecule has 0 aliphatic heterocycles. The van der Waals surface area contributed by atoms with E-state index in [-0.39, 0.29) is 5.91 Å². The van der Waals surface area contributed by atoms with E-state index in [0.717, 1.165) is 39.3 Å². The fourth-order valence-corrected chi connectivity index (χ4v) is 4.07. The van der Waals surface area contributed by atoms with E-state index in [1.165, 1.54) is 28.7 Å². The largest absolute Gasteiger partial charge is 0.300 e. The number of amides is 1. The molecule has 0 spiro atoms. The summed E-state index contributed by atoms with van der Waals surface area (Å²) in [6, 6.07) is 8.36. The number of fused-ring (bicyclic) bond motifs is 1. The second-order valence-electron chi connectivity index (χ2n) is 5.64. The number of pyridine rings is 1. The Kier molecular flexibility index (Phi) is 5.65. The highest BCUT2D eigenvalue weighted by Crippen LogP contribution is 2.27. The van der Waals surface area contributed by atoms with Gasteiger partial charge in [-0.3, -0.25) is 10.1 Å². The molecule has 25 heavy (non-hydrogen) atoms. The number of nitrogens with zero attached hydrogens (tertiary/aromatic N) is 3. The van der Waals surface area contributed by atoms with Crippen molar-refractivity contribution in [1.29, 1.82) is 0 Å². The molecule has 0 atom stereocenters. The summed E-state index contributed by atoms with van der Waals surface area (Å²) >= 11 is 2.88. The molecule has 1 aromatic carbocycles. The summed E-state index contributed by atoms with van der Waals surface area (Å²) in [5.74, 6) is 0.218. The summed E-state index contributed by atoms with van der Waals surface area (Å²) in [5.41, 5.74) is 3.31. The number of aryl methyl sites for hydroxylation is 3. The van der Waals surface area contributed by atoms with E-state index >= 15 is 0 Å². The summed E-state index contributed by atoms with van der Waals surface area (Å²) in [6.07, 6.45) is 1.71. The first-order chi connectivity index (χ1) is 12.1. The van der Waals surface area contributed by atoms with Gasteiger partial charge in [0.25, 0.3) is 0 Å². The molecule has 2 aromatic heterocycles. The topological polar surface area (TPSA) is 67.8 Å². The van der Waals surface area contributed by atoms with Gasteiger partial charge in [0.1, 0.15) is 10.0 Å². The van der Waals surface area contributed by atoms with Crippen molar-refractivity contribution in [2.45, 2.75) is 38.6 Å². The molecular weight excluding hydrogens is 352 g/mol. The summed E-state index contributed by atoms with van der Waals surface area (Å²) in [5, 5.41) is 14.3. The fourth-order valence-electron chi connectivity index (χ4n) is 2.49. The molecule has 0 bridgehead atoms. The van der Waals surface area contributed by atoms with Crippen molar-refractivity contribution < 1.29 is 4.79 Å². The lowest BCUT2D eigenvalue weighted by atomic mass is 10.1. The van der Waals surface area contributed by atoms with Crippen LogP contribution in [0.25, 0.3) is 10.9 Å². The van der Waals surface area contributed by atoms with Gasteiger partial charge in [-0.05, 0) is 37.0 Å². The van der Waals surface area contributed by atoms with Gasteiger partial charge in [-0.15, -0.1) is 10.2 Å². The quantitative estimate of drug-likeness (QED) is 0.655. The lowest BCUT2D eigenvalue weighted by molar-refractivity contribution is -0.113. The fraction of sp³-hybridized carbons (Fsp3) is 0.333. The summed E-state index contributed by atoms with van der Waals surface area (Å²) < 4.78 is 0. The molecular formula is C18H20N4OS2. The maximum Gasteiger partial charge on any atom is 0.236 e. The highest BCUT2D eigenvalue weighted by atomic mass is 32.2. The Morgan fingerprint density at radius 3 is 2.80 bits per heavy atom. The molecule has 0 fully saturated rings. The van der Waals surface area contributed by atoms with Crippen LogP contribution in [0.3, 0.4) is 0 Å². The molecule has 0 saturated heterocycles. The molecule has 130 valence electrons. The molecule has 0 radical (unpaired) electrons. The molecule has 3 rings (SSSR count). The summed E-state index contributed by atoms with van der Waals surface area (Å²) in [4.78, 5) is 17.0. The number of hydrogen-bond donors (Lipinski definition) is 1. The predicted molar refractivity (Wildman–Crippen MR) is 104 cm³/mol. The van der Waals surface area contributed by atoms with Gasteiger partial charge in [-0.2, -0.15) is 0 Å². The number of anilines is 1. The molecule has 0 aliphatic carbocycles. The minimum absolute atomic E-state index is 0.0856. The second-order valence-corrected chi connectivity index (χ2v) is 7.67. The van der Waals surface area contributed by atoms with Crippen LogP contribution in [0.5, 0.6) is 0 Å². The van der Waals surface area contributed by atoms with Gasteiger partial charge in [0.2, 0.25) is 11.0 Å². The standard InChI is InChI=1S/C18H20N4OS2/c1-4-12-9-13-8-6-7-11(3)16(13)20-17(12)24-10-14(23)19-18-22-21-15(5-2)25-18/h6-9H,4-5,10H2,1-3H3,(H,19,22,23). The van der Waals surface area contributed by atoms with Crippen molar-refractivity contribution in [3.8, 4) is 0 Å². The number of para-hydroxylation sites is 1. The Bertz CT molecular complexity index is 907. The number of carbonyl (C=O) groups excluding carboxylic acids is 1. The van der Waals surface area contributed by atoms with E-state index in [1.54, 1.807) is 0 Å². The van der Waals surface area contributed by atoms with Crippen LogP contribution >= 0.6 is 23.1 Å². The van der Waals surface area contributed by atoms with E-state index in [1.807, 2.05) is 13.0 Å². The summed E-state index contributed by atoms with van der Waals surface area (Å²) in [7, 11) is 0. The van der Waals surface area contributed by atoms with Crippen molar-refractivity contribution >= 4 is 45.0 Å². The number of nitrogens with one attached hydrogen (secondary N) is 1. The smallest absolute Gasteiger partial charge is 0.236 e. The van der Waals surface area contributed by atoms with Crippen LogP contribution in [0, 0.1) is 6.92 Å². The van der Waals surface area contributed by atoms with Crippen LogP contribution in [0.1, 0.15) is 30.0 Å². The van der Waals surface area contributed by atoms with Gasteiger partial charge in [-0.25, -0.2) is 4.98 Å². The third-order valence-corrected chi connectivity index (χ3v) is 5.84. The normalized spacial score (nSPS) is 11.0. The Morgan fingerprint density at radius 1 is 1.24 bits per heavy atom. The predicted octanol–water partition coefficient (Wildman–Crippen LogP) is 4.25. The third-order valence-electron chi connectivity index (χ3n) is 3.82. The van der Waals surface area contributed by atoms with Crippen LogP contribution in [0.4, 0.5) is 5.13 Å². The molecule has 7 heteroatoms. The highest BCUT2D eigenvalue weighted by Gasteiger charge is 2.12. The van der Waals surface area contributed by atoms with Gasteiger partial charge >= 0.3 is 0 Å². The van der Waals surface area contributed by atoms with Crippen LogP contribution in [-0.4, -0.2) is 26.8 Å². The zero-order valence-corrected chi connectivity index (χ0v) is 16.1. The van der Waals surface area contributed by atoms with Crippen LogP contribution in [0.2, 0.25) is 0 Å². The Morgan fingerprint density at radius 2 is 2.08 bits per heavy atom. The third kappa shape index (κ3) is 4.16. The lowest BCUT2D eigenvalue weighted by Crippen LogP contribution is -2.14. The molecule has 0 aliphatic rings. The van der Waals surface area contributed by atoms with Crippen molar-refractivity contribution in [2.75, 3.05) is 11.1 Å². The van der Waals surface area contributed by atoms with E-state index < -0.39 is 0 Å². The molecule has 1 amide bonds. The van der Waals surface area contributed by atoms with Crippen molar-refractivity contribution in [1.82, 2.24) is 15.2 Å². The van der Waals surface area contributed by atoms with Gasteiger partial charge in [0.15, 0.2) is 0 Å². The molecule has 5 nitrogen and oxygen atoms in total. The Balaban J connectivity index is 1.73. The number of hydrogen-bond acceptors (Lipinski definition) is 6. The highest BCUT2D eigenvalue weighted by molar-refractivity contribution is 8.00. The Labute approximate surface area is 155 Å². The zero-order valence-electron chi connectivity index (χ0n) is 14.5. The zero-order chi connectivity index (χ0) is 17.8. The molecule has 2 heterocycles. The first-order valence-corrected chi connectivity index (χ1v) is 10.0. The van der Waals surface area contributed by atoms with Gasteiger partial charge in [0.05, 0.1) is 11.3 Å². The van der Waals surface area contributed by atoms with Crippen molar-refractivity contribution in [3.05, 3.63) is 40.4 Å². The minimum atomic E-state index is -0.0856. The van der Waals surface area contributed by atoms with Crippen LogP contribution in [0.15, 0.2) is 29.3 Å². The van der Waals surface area contributed by atoms with Crippen LogP contribution in [-0.2, 0) is 17.6 Å². The van der Waals surface area contributed by atoms with E-state index in [2.05, 4.69) is 47.6 Å². The maximum absolute atomic E-state index is 12.2. The van der Waals surface area contributed by atoms with Crippen LogP contribution < -0.4 is 5.32 Å². The number of thioether (sulfide) groups is 1. The number of rotatable bonds is 6. The average Bonchev–Trinajstić information content (AvgIpc) is 3.07. The monoisotopic (exact) mass is 372 g/mol. The maximum atomic E-state index is 12.2. The Hall–Kier alpha value is -1.99. The van der Waals surface area contributed by atoms with E-state index in [4.69, 9.17) is 4.98 Å². The van der Waals surface area contributed by atoms with E-state index in [9.17, 15) is 4.79 Å². The molecule has 0 unspecified atom stereocenters. The van der Waals surface area contributed by atoms with Crippen molar-refractivity contribution in [3.63, 3.8) is 0 Å². The summed E-state index contributed by atoms with van der Waals surface area (Å²) in [6.45, 7) is 6.18. The number of aromatic nitrogens is 3. The van der Waals surface area contributed by atoms with Gasteiger partial charge in [-0.1, -0.05) is 55.1 Å². The molecule has 0 saturated carbocycles. The number of carbonyl (C=O) groups is 1. The lowest BCUT2D eigenvalue weighted by Gasteiger charge is -2.10. The minimum Gasteiger partial charge on any atom is -0.300 e. The second kappa shape index (κ2) is 7.93. The SMILES string of the molecule is CCc1nnc(NC(=O)CSc2nc3c(C)cccc3cc2CC)s1. The number of benzene rings is 1. The first kappa shape index (κ1) is 17.8. The van der Waals surface area contributed by atoms with E-state index in [0.29, 0.717) is 10.9 Å².